The van der Waals surface area contributed by atoms with Crippen LogP contribution in [-0.2, 0) is 6.54 Å². The molecule has 0 amide bonds. The number of hydrogen-bond donors (Lipinski definition) is 0. The summed E-state index contributed by atoms with van der Waals surface area (Å²) < 4.78 is 3.52. The molecule has 0 fully saturated rings. The van der Waals surface area contributed by atoms with E-state index in [1.807, 2.05) is 23.6 Å². The topological polar surface area (TPSA) is 63.1 Å². The lowest BCUT2D eigenvalue weighted by molar-refractivity contribution is 0.634. The summed E-state index contributed by atoms with van der Waals surface area (Å²) in [4.78, 5) is 16.8. The van der Waals surface area contributed by atoms with E-state index in [-0.39, 0.29) is 5.56 Å². The van der Waals surface area contributed by atoms with Crippen LogP contribution in [0.5, 0.6) is 0 Å². The molecule has 116 valence electrons. The third kappa shape index (κ3) is 2.99. The lowest BCUT2D eigenvalue weighted by Gasteiger charge is -2.10. The average Bonchev–Trinajstić information content (AvgIpc) is 2.97. The number of unbranched alkanes of at least 4 members (excludes halogenated alkanes) is 1. The third-order valence-corrected chi connectivity index (χ3v) is 3.99. The van der Waals surface area contributed by atoms with Crippen LogP contribution in [-0.4, -0.2) is 14.0 Å². The molecule has 6 heteroatoms. The van der Waals surface area contributed by atoms with Gasteiger partial charge in [-0.1, -0.05) is 23.7 Å². The summed E-state index contributed by atoms with van der Waals surface area (Å²) in [6, 6.07) is 11.1. The number of rotatable bonds is 4. The van der Waals surface area contributed by atoms with Gasteiger partial charge in [-0.05, 0) is 25.5 Å². The first kappa shape index (κ1) is 15.3. The molecule has 0 aliphatic rings. The Kier molecular flexibility index (Phi) is 4.18. The molecule has 0 aliphatic heterocycles. The van der Waals surface area contributed by atoms with Gasteiger partial charge < -0.3 is 4.57 Å². The molecular weight excluding hydrogens is 312 g/mol. The monoisotopic (exact) mass is 326 g/mol. The molecule has 0 radical (unpaired) electrons. The van der Waals surface area contributed by atoms with Crippen molar-refractivity contribution in [3.63, 3.8) is 0 Å². The molecule has 23 heavy (non-hydrogen) atoms. The minimum atomic E-state index is -0.109. The van der Waals surface area contributed by atoms with E-state index in [4.69, 9.17) is 16.9 Å². The predicted octanol–water partition coefficient (Wildman–Crippen LogP) is 3.43. The maximum absolute atomic E-state index is 12.2. The van der Waals surface area contributed by atoms with Crippen LogP contribution in [0.1, 0.15) is 18.5 Å². The molecule has 3 aromatic rings. The second kappa shape index (κ2) is 6.27. The Morgan fingerprint density at radius 1 is 1.30 bits per heavy atom. The third-order valence-electron chi connectivity index (χ3n) is 3.73. The van der Waals surface area contributed by atoms with Crippen molar-refractivity contribution in [2.45, 2.75) is 26.3 Å². The van der Waals surface area contributed by atoms with Crippen LogP contribution in [0.2, 0.25) is 5.02 Å². The van der Waals surface area contributed by atoms with Crippen LogP contribution in [0.15, 0.2) is 41.3 Å². The summed E-state index contributed by atoms with van der Waals surface area (Å²) in [6.07, 6.45) is 2.93. The Morgan fingerprint density at radius 3 is 2.74 bits per heavy atom. The number of benzene rings is 1. The zero-order chi connectivity index (χ0) is 16.4. The smallest absolute Gasteiger partial charge is 0.259 e. The van der Waals surface area contributed by atoms with Gasteiger partial charge in [0.05, 0.1) is 11.8 Å². The molecule has 0 atom stereocenters. The van der Waals surface area contributed by atoms with Crippen molar-refractivity contribution in [1.82, 2.24) is 14.0 Å². The minimum absolute atomic E-state index is 0.109. The summed E-state index contributed by atoms with van der Waals surface area (Å²) in [7, 11) is 0. The molecule has 0 saturated heterocycles. The fourth-order valence-corrected chi connectivity index (χ4v) is 2.69. The molecule has 0 aliphatic carbocycles. The number of nitriles is 1. The molecule has 0 spiro atoms. The fourth-order valence-electron chi connectivity index (χ4n) is 2.56. The van der Waals surface area contributed by atoms with Crippen LogP contribution in [0, 0.1) is 18.3 Å². The Labute approximate surface area is 138 Å². The number of halogens is 1. The summed E-state index contributed by atoms with van der Waals surface area (Å²) in [6.45, 7) is 2.53. The van der Waals surface area contributed by atoms with Gasteiger partial charge in [-0.3, -0.25) is 9.20 Å². The van der Waals surface area contributed by atoms with Crippen LogP contribution in [0.4, 0.5) is 0 Å². The summed E-state index contributed by atoms with van der Waals surface area (Å²) in [5.41, 5.74) is 2.35. The van der Waals surface area contributed by atoms with Gasteiger partial charge in [-0.25, -0.2) is 4.98 Å². The van der Waals surface area contributed by atoms with Crippen molar-refractivity contribution in [1.29, 1.82) is 5.26 Å². The molecule has 0 N–H and O–H groups in total. The van der Waals surface area contributed by atoms with E-state index >= 15 is 0 Å². The minimum Gasteiger partial charge on any atom is -0.315 e. The van der Waals surface area contributed by atoms with Crippen molar-refractivity contribution in [3.8, 4) is 17.3 Å². The highest BCUT2D eigenvalue weighted by atomic mass is 35.5. The average molecular weight is 327 g/mol. The number of imidazole rings is 1. The standard InChI is InChI=1S/C17H15ClN4O/c1-12-10-16(23)22-11-15(13-4-6-14(18)7-5-13)20-17(22)21(12)9-3-2-8-19/h4-7,10-11H,2-3,9H2,1H3. The molecule has 1 aromatic carbocycles. The van der Waals surface area contributed by atoms with Crippen molar-refractivity contribution in [2.75, 3.05) is 0 Å². The second-order valence-corrected chi connectivity index (χ2v) is 5.78. The molecule has 0 saturated carbocycles. The summed E-state index contributed by atoms with van der Waals surface area (Å²) in [5, 5.41) is 9.36. The summed E-state index contributed by atoms with van der Waals surface area (Å²) in [5.74, 6) is 0.595. The molecule has 5 nitrogen and oxygen atoms in total. The van der Waals surface area contributed by atoms with Crippen molar-refractivity contribution in [2.24, 2.45) is 0 Å². The Morgan fingerprint density at radius 2 is 2.04 bits per heavy atom. The maximum atomic E-state index is 12.2. The lowest BCUT2D eigenvalue weighted by Crippen LogP contribution is -2.18. The maximum Gasteiger partial charge on any atom is 0.259 e. The first-order valence-corrected chi connectivity index (χ1v) is 7.70. The van der Waals surface area contributed by atoms with E-state index < -0.39 is 0 Å². The number of nitrogens with zero attached hydrogens (tertiary/aromatic N) is 4. The van der Waals surface area contributed by atoms with Crippen molar-refractivity contribution < 1.29 is 0 Å². The normalized spacial score (nSPS) is 10.8. The Balaban J connectivity index is 2.12. The van der Waals surface area contributed by atoms with E-state index in [1.165, 1.54) is 0 Å². The Bertz CT molecular complexity index is 948. The first-order chi connectivity index (χ1) is 11.1. The van der Waals surface area contributed by atoms with Crippen LogP contribution in [0.25, 0.3) is 17.0 Å². The van der Waals surface area contributed by atoms with Gasteiger partial charge in [0.15, 0.2) is 0 Å². The zero-order valence-electron chi connectivity index (χ0n) is 12.7. The van der Waals surface area contributed by atoms with Crippen LogP contribution < -0.4 is 5.56 Å². The van der Waals surface area contributed by atoms with Crippen LogP contribution in [0.3, 0.4) is 0 Å². The quantitative estimate of drug-likeness (QED) is 0.690. The molecule has 3 rings (SSSR count). The molecular formula is C17H15ClN4O. The number of aromatic nitrogens is 3. The Hall–Kier alpha value is -2.58. The summed E-state index contributed by atoms with van der Waals surface area (Å²) >= 11 is 5.91. The van der Waals surface area contributed by atoms with E-state index in [0.717, 1.165) is 23.4 Å². The first-order valence-electron chi connectivity index (χ1n) is 7.32. The molecule has 0 unspecified atom stereocenters. The fraction of sp³-hybridized carbons (Fsp3) is 0.235. The van der Waals surface area contributed by atoms with Gasteiger partial charge in [-0.2, -0.15) is 5.26 Å². The highest BCUT2D eigenvalue weighted by Gasteiger charge is 2.11. The zero-order valence-corrected chi connectivity index (χ0v) is 13.4. The van der Waals surface area contributed by atoms with Gasteiger partial charge in [0.25, 0.3) is 5.56 Å². The lowest BCUT2D eigenvalue weighted by atomic mass is 10.2. The van der Waals surface area contributed by atoms with Crippen molar-refractivity contribution in [3.05, 3.63) is 57.6 Å². The van der Waals surface area contributed by atoms with Gasteiger partial charge >= 0.3 is 0 Å². The van der Waals surface area contributed by atoms with Gasteiger partial charge in [0.1, 0.15) is 0 Å². The van der Waals surface area contributed by atoms with Crippen LogP contribution >= 0.6 is 11.6 Å². The molecule has 0 bridgehead atoms. The predicted molar refractivity (Wildman–Crippen MR) is 89.5 cm³/mol. The molecule has 2 heterocycles. The van der Waals surface area contributed by atoms with E-state index in [0.29, 0.717) is 23.8 Å². The van der Waals surface area contributed by atoms with E-state index in [2.05, 4.69) is 11.1 Å². The van der Waals surface area contributed by atoms with Gasteiger partial charge in [-0.15, -0.1) is 0 Å². The molecule has 2 aromatic heterocycles. The number of hydrogen-bond acceptors (Lipinski definition) is 3. The second-order valence-electron chi connectivity index (χ2n) is 5.34. The highest BCUT2D eigenvalue weighted by Crippen LogP contribution is 2.21. The van der Waals surface area contributed by atoms with Crippen molar-refractivity contribution >= 4 is 17.4 Å². The largest absolute Gasteiger partial charge is 0.315 e. The van der Waals surface area contributed by atoms with Gasteiger partial charge in [0, 0.05) is 41.5 Å². The van der Waals surface area contributed by atoms with E-state index in [9.17, 15) is 4.79 Å². The van der Waals surface area contributed by atoms with Gasteiger partial charge in [0.2, 0.25) is 5.78 Å². The number of fused-ring (bicyclic) bond motifs is 1. The number of aryl methyl sites for hydroxylation is 2. The van der Waals surface area contributed by atoms with E-state index in [1.54, 1.807) is 28.8 Å². The highest BCUT2D eigenvalue weighted by molar-refractivity contribution is 6.30. The SMILES string of the molecule is Cc1cc(=O)n2cc(-c3ccc(Cl)cc3)nc2n1CCCC#N.